The van der Waals surface area contributed by atoms with Crippen LogP contribution in [0.3, 0.4) is 0 Å². The summed E-state index contributed by atoms with van der Waals surface area (Å²) < 4.78 is 1.83. The van der Waals surface area contributed by atoms with Crippen LogP contribution in [0.1, 0.15) is 55.2 Å². The van der Waals surface area contributed by atoms with Gasteiger partial charge in [0, 0.05) is 18.4 Å². The third kappa shape index (κ3) is 3.27. The largest absolute Gasteiger partial charge is 0.352 e. The molecule has 0 saturated heterocycles. The minimum Gasteiger partial charge on any atom is -0.352 e. The van der Waals surface area contributed by atoms with Gasteiger partial charge in [-0.3, -0.25) is 4.79 Å². The lowest BCUT2D eigenvalue weighted by Crippen LogP contribution is -2.59. The number of carbonyl (C=O) groups is 1. The number of nitrogens with zero attached hydrogens (tertiary/aromatic N) is 3. The van der Waals surface area contributed by atoms with Gasteiger partial charge >= 0.3 is 0 Å². The molecular weight excluding hydrogens is 324 g/mol. The first-order chi connectivity index (χ1) is 12.6. The molecule has 2 aromatic rings. The number of amides is 1. The summed E-state index contributed by atoms with van der Waals surface area (Å²) in [6.45, 7) is 4.41. The Bertz CT molecular complexity index is 770. The first-order valence-corrected chi connectivity index (χ1v) is 9.86. The van der Waals surface area contributed by atoms with Crippen molar-refractivity contribution >= 4 is 5.91 Å². The molecule has 2 aliphatic carbocycles. The average molecular weight is 352 g/mol. The summed E-state index contributed by atoms with van der Waals surface area (Å²) in [4.78, 5) is 16.9. The van der Waals surface area contributed by atoms with Gasteiger partial charge in [-0.05, 0) is 44.1 Å². The lowest BCUT2D eigenvalue weighted by molar-refractivity contribution is -0.125. The topological polar surface area (TPSA) is 59.8 Å². The minimum atomic E-state index is 0.132. The normalized spacial score (nSPS) is 27.5. The summed E-state index contributed by atoms with van der Waals surface area (Å²) in [5.41, 5.74) is 1.38. The summed E-state index contributed by atoms with van der Waals surface area (Å²) in [6.07, 6.45) is 5.63. The number of aryl methyl sites for hydroxylation is 3. The number of hydrogen-bond acceptors (Lipinski definition) is 3. The van der Waals surface area contributed by atoms with Gasteiger partial charge in [-0.2, -0.15) is 5.10 Å². The van der Waals surface area contributed by atoms with Crippen molar-refractivity contribution in [1.82, 2.24) is 20.1 Å². The lowest BCUT2D eigenvalue weighted by atomic mass is 9.53. The average Bonchev–Trinajstić information content (AvgIpc) is 2.96. The van der Waals surface area contributed by atoms with E-state index in [9.17, 15) is 4.79 Å². The van der Waals surface area contributed by atoms with Crippen LogP contribution in [0.15, 0.2) is 30.3 Å². The monoisotopic (exact) mass is 352 g/mol. The van der Waals surface area contributed by atoms with Crippen molar-refractivity contribution < 1.29 is 4.79 Å². The maximum absolute atomic E-state index is 12.6. The molecular formula is C21H28N4O. The van der Waals surface area contributed by atoms with Crippen LogP contribution >= 0.6 is 0 Å². The van der Waals surface area contributed by atoms with Crippen LogP contribution in [0.4, 0.5) is 0 Å². The molecule has 1 aromatic heterocycles. The zero-order chi connectivity index (χ0) is 18.1. The minimum absolute atomic E-state index is 0.132. The second-order valence-corrected chi connectivity index (χ2v) is 7.82. The highest BCUT2D eigenvalue weighted by Gasteiger charge is 2.51. The molecule has 138 valence electrons. The number of carbonyl (C=O) groups excluding carboxylic acids is 1. The smallest absolute Gasteiger partial charge is 0.222 e. The van der Waals surface area contributed by atoms with Crippen LogP contribution in [0.5, 0.6) is 0 Å². The maximum atomic E-state index is 12.6. The fourth-order valence-electron chi connectivity index (χ4n) is 5.03. The highest BCUT2D eigenvalue weighted by molar-refractivity contribution is 5.76. The SMILES string of the molecule is Cc1nc(C)n(CCC(=O)N[C@H]2[C@H]3CCCC[C@@H]3[C@@H]2c2ccccc2)n1. The molecule has 2 aliphatic rings. The summed E-state index contributed by atoms with van der Waals surface area (Å²) in [7, 11) is 0. The Hall–Kier alpha value is -2.17. The van der Waals surface area contributed by atoms with Crippen molar-refractivity contribution in [1.29, 1.82) is 0 Å². The molecule has 2 saturated carbocycles. The number of aromatic nitrogens is 3. The van der Waals surface area contributed by atoms with E-state index in [1.54, 1.807) is 0 Å². The molecule has 0 aliphatic heterocycles. The van der Waals surface area contributed by atoms with Gasteiger partial charge in [-0.1, -0.05) is 43.2 Å². The molecule has 4 atom stereocenters. The van der Waals surface area contributed by atoms with Gasteiger partial charge in [-0.15, -0.1) is 0 Å². The molecule has 1 N–H and O–H groups in total. The van der Waals surface area contributed by atoms with Crippen molar-refractivity contribution in [2.75, 3.05) is 0 Å². The van der Waals surface area contributed by atoms with E-state index in [-0.39, 0.29) is 11.9 Å². The Morgan fingerprint density at radius 1 is 1.15 bits per heavy atom. The van der Waals surface area contributed by atoms with E-state index in [0.29, 0.717) is 24.8 Å². The third-order valence-corrected chi connectivity index (χ3v) is 6.21. The molecule has 1 aromatic carbocycles. The van der Waals surface area contributed by atoms with E-state index in [0.717, 1.165) is 17.6 Å². The van der Waals surface area contributed by atoms with Crippen LogP contribution in [-0.4, -0.2) is 26.7 Å². The van der Waals surface area contributed by atoms with E-state index in [1.807, 2.05) is 18.5 Å². The number of hydrogen-bond donors (Lipinski definition) is 1. The molecule has 0 bridgehead atoms. The second kappa shape index (κ2) is 7.22. The Balaban J connectivity index is 1.41. The molecule has 5 nitrogen and oxygen atoms in total. The van der Waals surface area contributed by atoms with E-state index >= 15 is 0 Å². The van der Waals surface area contributed by atoms with Crippen LogP contribution < -0.4 is 5.32 Å². The molecule has 0 spiro atoms. The number of nitrogens with one attached hydrogen (secondary N) is 1. The Labute approximate surface area is 155 Å². The fourth-order valence-corrected chi connectivity index (χ4v) is 5.03. The summed E-state index contributed by atoms with van der Waals surface area (Å²) in [5, 5.41) is 7.71. The highest BCUT2D eigenvalue weighted by atomic mass is 16.1. The van der Waals surface area contributed by atoms with Gasteiger partial charge in [0.2, 0.25) is 5.91 Å². The predicted molar refractivity (Wildman–Crippen MR) is 101 cm³/mol. The van der Waals surface area contributed by atoms with Crippen molar-refractivity contribution in [2.45, 2.75) is 64.5 Å². The van der Waals surface area contributed by atoms with E-state index < -0.39 is 0 Å². The zero-order valence-corrected chi connectivity index (χ0v) is 15.7. The lowest BCUT2D eigenvalue weighted by Gasteiger charge is -2.55. The van der Waals surface area contributed by atoms with Crippen molar-refractivity contribution in [2.24, 2.45) is 11.8 Å². The van der Waals surface area contributed by atoms with Gasteiger partial charge in [0.1, 0.15) is 11.6 Å². The zero-order valence-electron chi connectivity index (χ0n) is 15.7. The first kappa shape index (κ1) is 17.3. The Morgan fingerprint density at radius 3 is 2.58 bits per heavy atom. The van der Waals surface area contributed by atoms with Gasteiger partial charge in [0.05, 0.1) is 6.54 Å². The predicted octanol–water partition coefficient (Wildman–Crippen LogP) is 3.37. The number of fused-ring (bicyclic) bond motifs is 1. The molecule has 0 radical (unpaired) electrons. The van der Waals surface area contributed by atoms with Gasteiger partial charge < -0.3 is 5.32 Å². The van der Waals surface area contributed by atoms with Crippen molar-refractivity contribution in [3.05, 3.63) is 47.5 Å². The Morgan fingerprint density at radius 2 is 1.88 bits per heavy atom. The van der Waals surface area contributed by atoms with E-state index in [1.165, 1.54) is 31.2 Å². The van der Waals surface area contributed by atoms with Gasteiger partial charge in [0.25, 0.3) is 0 Å². The van der Waals surface area contributed by atoms with Crippen LogP contribution in [0.2, 0.25) is 0 Å². The summed E-state index contributed by atoms with van der Waals surface area (Å²) in [6, 6.07) is 11.0. The third-order valence-electron chi connectivity index (χ3n) is 6.21. The van der Waals surface area contributed by atoms with Crippen molar-refractivity contribution in [3.8, 4) is 0 Å². The van der Waals surface area contributed by atoms with Crippen LogP contribution in [0, 0.1) is 25.7 Å². The van der Waals surface area contributed by atoms with Gasteiger partial charge in [0.15, 0.2) is 0 Å². The quantitative estimate of drug-likeness (QED) is 0.897. The molecule has 1 amide bonds. The first-order valence-electron chi connectivity index (χ1n) is 9.86. The van der Waals surface area contributed by atoms with Crippen LogP contribution in [0.25, 0.3) is 0 Å². The van der Waals surface area contributed by atoms with Crippen molar-refractivity contribution in [3.63, 3.8) is 0 Å². The molecule has 4 rings (SSSR count). The van der Waals surface area contributed by atoms with E-state index in [2.05, 4.69) is 45.7 Å². The Kier molecular flexibility index (Phi) is 4.79. The summed E-state index contributed by atoms with van der Waals surface area (Å²) in [5.74, 6) is 3.61. The molecule has 26 heavy (non-hydrogen) atoms. The second-order valence-electron chi connectivity index (χ2n) is 7.82. The number of benzene rings is 1. The molecule has 1 heterocycles. The highest BCUT2D eigenvalue weighted by Crippen LogP contribution is 2.54. The molecule has 2 fully saturated rings. The molecule has 5 heteroatoms. The summed E-state index contributed by atoms with van der Waals surface area (Å²) >= 11 is 0. The maximum Gasteiger partial charge on any atom is 0.222 e. The standard InChI is InChI=1S/C21H28N4O/c1-14-22-15(2)25(24-14)13-12-19(26)23-21-18-11-7-6-10-17(18)20(21)16-8-4-3-5-9-16/h3-5,8-9,17-18,20-21H,6-7,10-13H2,1-2H3,(H,23,26)/t17-,18-,20-,21-/m0/s1. The number of rotatable bonds is 5. The van der Waals surface area contributed by atoms with E-state index in [4.69, 9.17) is 0 Å². The molecule has 0 unspecified atom stereocenters. The fraction of sp³-hybridized carbons (Fsp3) is 0.571. The van der Waals surface area contributed by atoms with Gasteiger partial charge in [-0.25, -0.2) is 9.67 Å². The van der Waals surface area contributed by atoms with Crippen LogP contribution in [-0.2, 0) is 11.3 Å².